The summed E-state index contributed by atoms with van der Waals surface area (Å²) in [6.45, 7) is 2.16. The van der Waals surface area contributed by atoms with Crippen LogP contribution in [0, 0.1) is 5.92 Å². The van der Waals surface area contributed by atoms with Crippen molar-refractivity contribution in [2.45, 2.75) is 50.3 Å². The zero-order valence-electron chi connectivity index (χ0n) is 11.2. The molecular formula is C15H24N2S. The van der Waals surface area contributed by atoms with Crippen molar-refractivity contribution in [2.75, 3.05) is 5.75 Å². The molecule has 0 saturated heterocycles. The summed E-state index contributed by atoms with van der Waals surface area (Å²) in [6, 6.07) is 6.36. The molecule has 2 rings (SSSR count). The number of aromatic nitrogens is 1. The number of pyridine rings is 1. The summed E-state index contributed by atoms with van der Waals surface area (Å²) in [4.78, 5) is 4.49. The summed E-state index contributed by atoms with van der Waals surface area (Å²) in [5.41, 5.74) is 7.42. The largest absolute Gasteiger partial charge is 0.326 e. The molecule has 1 aromatic heterocycles. The summed E-state index contributed by atoms with van der Waals surface area (Å²) < 4.78 is 0. The lowest BCUT2D eigenvalue weighted by molar-refractivity contribution is 0.603. The van der Waals surface area contributed by atoms with Gasteiger partial charge in [0.25, 0.3) is 0 Å². The SMILES string of the molecule is CCC(N)C(SCC1CCCC1)c1ccccn1. The molecule has 2 nitrogen and oxygen atoms in total. The van der Waals surface area contributed by atoms with E-state index in [9.17, 15) is 0 Å². The van der Waals surface area contributed by atoms with Crippen molar-refractivity contribution in [3.8, 4) is 0 Å². The standard InChI is InChI=1S/C15H24N2S/c1-2-13(16)15(14-9-5-6-10-17-14)18-11-12-7-3-4-8-12/h5-6,9-10,12-13,15H,2-4,7-8,11,16H2,1H3. The Morgan fingerprint density at radius 2 is 2.17 bits per heavy atom. The summed E-state index contributed by atoms with van der Waals surface area (Å²) >= 11 is 2.02. The zero-order valence-corrected chi connectivity index (χ0v) is 12.0. The second-order valence-electron chi connectivity index (χ2n) is 5.23. The van der Waals surface area contributed by atoms with Crippen LogP contribution in [0.25, 0.3) is 0 Å². The van der Waals surface area contributed by atoms with Crippen LogP contribution in [-0.2, 0) is 0 Å². The fourth-order valence-electron chi connectivity index (χ4n) is 2.60. The van der Waals surface area contributed by atoms with E-state index in [4.69, 9.17) is 5.73 Å². The Labute approximate surface area is 115 Å². The van der Waals surface area contributed by atoms with E-state index in [1.807, 2.05) is 24.0 Å². The summed E-state index contributed by atoms with van der Waals surface area (Å²) in [5, 5.41) is 0.358. The fourth-order valence-corrected chi connectivity index (χ4v) is 4.17. The van der Waals surface area contributed by atoms with Gasteiger partial charge in [-0.15, -0.1) is 0 Å². The molecule has 0 spiro atoms. The molecule has 0 amide bonds. The minimum absolute atomic E-state index is 0.214. The first-order valence-electron chi connectivity index (χ1n) is 7.09. The highest BCUT2D eigenvalue weighted by molar-refractivity contribution is 7.99. The molecule has 2 unspecified atom stereocenters. The predicted octanol–water partition coefficient (Wildman–Crippen LogP) is 3.78. The van der Waals surface area contributed by atoms with Gasteiger partial charge in [-0.2, -0.15) is 11.8 Å². The molecule has 1 fully saturated rings. The van der Waals surface area contributed by atoms with Crippen LogP contribution in [0.15, 0.2) is 24.4 Å². The Morgan fingerprint density at radius 3 is 2.78 bits per heavy atom. The van der Waals surface area contributed by atoms with Gasteiger partial charge in [-0.25, -0.2) is 0 Å². The first-order chi connectivity index (χ1) is 8.81. The van der Waals surface area contributed by atoms with Crippen molar-refractivity contribution in [1.29, 1.82) is 0 Å². The van der Waals surface area contributed by atoms with E-state index in [1.54, 1.807) is 0 Å². The topological polar surface area (TPSA) is 38.9 Å². The third-order valence-electron chi connectivity index (χ3n) is 3.83. The first kappa shape index (κ1) is 13.9. The molecule has 0 aromatic carbocycles. The van der Waals surface area contributed by atoms with Crippen molar-refractivity contribution in [3.63, 3.8) is 0 Å². The molecule has 2 N–H and O–H groups in total. The number of nitrogens with two attached hydrogens (primary N) is 1. The van der Waals surface area contributed by atoms with Crippen LogP contribution in [0.5, 0.6) is 0 Å². The maximum absolute atomic E-state index is 6.27. The van der Waals surface area contributed by atoms with Crippen LogP contribution in [0.1, 0.15) is 50.0 Å². The highest BCUT2D eigenvalue weighted by Crippen LogP contribution is 2.36. The highest BCUT2D eigenvalue weighted by atomic mass is 32.2. The Bertz CT molecular complexity index is 336. The van der Waals surface area contributed by atoms with Crippen LogP contribution >= 0.6 is 11.8 Å². The predicted molar refractivity (Wildman–Crippen MR) is 79.7 cm³/mol. The van der Waals surface area contributed by atoms with Gasteiger partial charge in [-0.05, 0) is 43.1 Å². The van der Waals surface area contributed by atoms with E-state index in [2.05, 4.69) is 24.0 Å². The lowest BCUT2D eigenvalue weighted by atomic mass is 10.1. The van der Waals surface area contributed by atoms with Crippen LogP contribution in [0.2, 0.25) is 0 Å². The molecular weight excluding hydrogens is 240 g/mol. The van der Waals surface area contributed by atoms with Gasteiger partial charge in [0.05, 0.1) is 10.9 Å². The Hall–Kier alpha value is -0.540. The number of rotatable bonds is 6. The second-order valence-corrected chi connectivity index (χ2v) is 6.41. The minimum atomic E-state index is 0.214. The van der Waals surface area contributed by atoms with Gasteiger partial charge < -0.3 is 5.73 Å². The summed E-state index contributed by atoms with van der Waals surface area (Å²) in [6.07, 6.45) is 8.53. The Kier molecular flexibility index (Phi) is 5.51. The molecule has 0 aliphatic heterocycles. The third kappa shape index (κ3) is 3.72. The third-order valence-corrected chi connectivity index (χ3v) is 5.44. The fraction of sp³-hybridized carbons (Fsp3) is 0.667. The van der Waals surface area contributed by atoms with E-state index >= 15 is 0 Å². The molecule has 1 heterocycles. The zero-order chi connectivity index (χ0) is 12.8. The van der Waals surface area contributed by atoms with Crippen molar-refractivity contribution in [2.24, 2.45) is 11.7 Å². The molecule has 100 valence electrons. The molecule has 18 heavy (non-hydrogen) atoms. The molecule has 0 radical (unpaired) electrons. The molecule has 1 aliphatic carbocycles. The van der Waals surface area contributed by atoms with E-state index in [0.29, 0.717) is 5.25 Å². The minimum Gasteiger partial charge on any atom is -0.326 e. The highest BCUT2D eigenvalue weighted by Gasteiger charge is 2.23. The summed E-state index contributed by atoms with van der Waals surface area (Å²) in [5.74, 6) is 2.15. The molecule has 1 aromatic rings. The summed E-state index contributed by atoms with van der Waals surface area (Å²) in [7, 11) is 0. The van der Waals surface area contributed by atoms with Gasteiger partial charge in [0.1, 0.15) is 0 Å². The van der Waals surface area contributed by atoms with Crippen molar-refractivity contribution in [1.82, 2.24) is 4.98 Å². The quantitative estimate of drug-likeness (QED) is 0.849. The van der Waals surface area contributed by atoms with Gasteiger partial charge in [0, 0.05) is 12.2 Å². The van der Waals surface area contributed by atoms with Crippen LogP contribution in [0.3, 0.4) is 0 Å². The van der Waals surface area contributed by atoms with Gasteiger partial charge in [0.15, 0.2) is 0 Å². The molecule has 3 heteroatoms. The first-order valence-corrected chi connectivity index (χ1v) is 8.14. The van der Waals surface area contributed by atoms with Crippen molar-refractivity contribution >= 4 is 11.8 Å². The smallest absolute Gasteiger partial charge is 0.0621 e. The van der Waals surface area contributed by atoms with Crippen LogP contribution < -0.4 is 5.73 Å². The number of hydrogen-bond donors (Lipinski definition) is 1. The number of nitrogens with zero attached hydrogens (tertiary/aromatic N) is 1. The average Bonchev–Trinajstić information content (AvgIpc) is 2.93. The Morgan fingerprint density at radius 1 is 1.39 bits per heavy atom. The number of hydrogen-bond acceptors (Lipinski definition) is 3. The normalized spacial score (nSPS) is 19.9. The monoisotopic (exact) mass is 264 g/mol. The van der Waals surface area contributed by atoms with Crippen molar-refractivity contribution < 1.29 is 0 Å². The van der Waals surface area contributed by atoms with E-state index in [1.165, 1.54) is 31.4 Å². The molecule has 2 atom stereocenters. The molecule has 0 bridgehead atoms. The Balaban J connectivity index is 1.96. The average molecular weight is 264 g/mol. The van der Waals surface area contributed by atoms with Crippen LogP contribution in [-0.4, -0.2) is 16.8 Å². The molecule has 1 aliphatic rings. The second kappa shape index (κ2) is 7.15. The lowest BCUT2D eigenvalue weighted by Crippen LogP contribution is -2.27. The van der Waals surface area contributed by atoms with Gasteiger partial charge in [-0.3, -0.25) is 4.98 Å². The van der Waals surface area contributed by atoms with E-state index < -0.39 is 0 Å². The maximum atomic E-state index is 6.27. The maximum Gasteiger partial charge on any atom is 0.0621 e. The van der Waals surface area contributed by atoms with E-state index in [-0.39, 0.29) is 6.04 Å². The number of thioether (sulfide) groups is 1. The van der Waals surface area contributed by atoms with Crippen LogP contribution in [0.4, 0.5) is 0 Å². The van der Waals surface area contributed by atoms with Gasteiger partial charge in [0.2, 0.25) is 0 Å². The van der Waals surface area contributed by atoms with E-state index in [0.717, 1.165) is 18.0 Å². The molecule has 1 saturated carbocycles. The van der Waals surface area contributed by atoms with Gasteiger partial charge in [-0.1, -0.05) is 25.8 Å². The van der Waals surface area contributed by atoms with Gasteiger partial charge >= 0.3 is 0 Å². The van der Waals surface area contributed by atoms with Crippen molar-refractivity contribution in [3.05, 3.63) is 30.1 Å². The lowest BCUT2D eigenvalue weighted by Gasteiger charge is -2.23.